The van der Waals surface area contributed by atoms with Crippen LogP contribution >= 0.6 is 11.6 Å². The largest absolute Gasteiger partial charge is 0.356 e. The third-order valence-corrected chi connectivity index (χ3v) is 4.04. The van der Waals surface area contributed by atoms with Crippen LogP contribution in [0.25, 0.3) is 0 Å². The van der Waals surface area contributed by atoms with E-state index in [9.17, 15) is 14.4 Å². The number of rotatable bonds is 8. The molecule has 0 spiro atoms. The molecule has 27 heavy (non-hydrogen) atoms. The number of Topliss-reactive ketones (excluding diaryl/α,β-unsaturated/α-hetero) is 1. The molecule has 0 radical (unpaired) electrons. The van der Waals surface area contributed by atoms with Gasteiger partial charge in [0.2, 0.25) is 11.8 Å². The summed E-state index contributed by atoms with van der Waals surface area (Å²) < 4.78 is 0. The number of halogens is 1. The van der Waals surface area contributed by atoms with Gasteiger partial charge in [-0.3, -0.25) is 14.4 Å². The number of nitrogens with one attached hydrogen (secondary N) is 2. The third-order valence-electron chi connectivity index (χ3n) is 3.72. The highest BCUT2D eigenvalue weighted by Gasteiger charge is 2.10. The maximum atomic E-state index is 11.9. The Bertz CT molecular complexity index is 876. The first-order chi connectivity index (χ1) is 13.0. The first kappa shape index (κ1) is 20.1. The van der Waals surface area contributed by atoms with Crippen LogP contribution in [0.4, 0.5) is 5.69 Å². The fourth-order valence-electron chi connectivity index (χ4n) is 2.31. The fourth-order valence-corrected chi connectivity index (χ4v) is 2.53. The van der Waals surface area contributed by atoms with E-state index in [0.29, 0.717) is 16.8 Å². The molecule has 2 aromatic carbocycles. The molecule has 0 atom stereocenters. The Hall–Kier alpha value is -3.17. The van der Waals surface area contributed by atoms with E-state index in [4.69, 9.17) is 16.9 Å². The molecule has 7 heteroatoms. The van der Waals surface area contributed by atoms with Gasteiger partial charge in [-0.2, -0.15) is 5.26 Å². The summed E-state index contributed by atoms with van der Waals surface area (Å²) in [5.74, 6) is -0.675. The molecule has 0 aromatic heterocycles. The van der Waals surface area contributed by atoms with Crippen molar-refractivity contribution in [3.63, 3.8) is 0 Å². The summed E-state index contributed by atoms with van der Waals surface area (Å²) in [6.07, 6.45) is 0.266. The number of amides is 2. The van der Waals surface area contributed by atoms with Gasteiger partial charge in [0.25, 0.3) is 0 Å². The zero-order valence-electron chi connectivity index (χ0n) is 14.5. The molecule has 0 aliphatic heterocycles. The smallest absolute Gasteiger partial charge is 0.226 e. The standard InChI is InChI=1S/C20H18ClN3O3/c21-17-12-16(7-6-15(17)13-22)24-20(27)10-11-23-19(26)9-8-18(25)14-4-2-1-3-5-14/h1-7,12H,8-11H2,(H,23,26)(H,24,27). The lowest BCUT2D eigenvalue weighted by atomic mass is 10.1. The molecular formula is C20H18ClN3O3. The molecule has 0 saturated heterocycles. The first-order valence-electron chi connectivity index (χ1n) is 8.34. The van der Waals surface area contributed by atoms with E-state index in [1.807, 2.05) is 12.1 Å². The average molecular weight is 384 g/mol. The Balaban J connectivity index is 1.68. The van der Waals surface area contributed by atoms with E-state index < -0.39 is 0 Å². The highest BCUT2D eigenvalue weighted by Crippen LogP contribution is 2.20. The van der Waals surface area contributed by atoms with Gasteiger partial charge in [0, 0.05) is 37.1 Å². The summed E-state index contributed by atoms with van der Waals surface area (Å²) in [5, 5.41) is 14.3. The maximum absolute atomic E-state index is 11.9. The van der Waals surface area contributed by atoms with Crippen LogP contribution in [0, 0.1) is 11.3 Å². The minimum absolute atomic E-state index is 0.0700. The van der Waals surface area contributed by atoms with Crippen molar-refractivity contribution < 1.29 is 14.4 Å². The fraction of sp³-hybridized carbons (Fsp3) is 0.200. The lowest BCUT2D eigenvalue weighted by Crippen LogP contribution is -2.27. The highest BCUT2D eigenvalue weighted by molar-refractivity contribution is 6.32. The maximum Gasteiger partial charge on any atom is 0.226 e. The number of carbonyl (C=O) groups excluding carboxylic acids is 3. The molecule has 2 amide bonds. The van der Waals surface area contributed by atoms with Gasteiger partial charge in [-0.25, -0.2) is 0 Å². The highest BCUT2D eigenvalue weighted by atomic mass is 35.5. The van der Waals surface area contributed by atoms with Crippen molar-refractivity contribution in [3.8, 4) is 6.07 Å². The number of hydrogen-bond acceptors (Lipinski definition) is 4. The summed E-state index contributed by atoms with van der Waals surface area (Å²) in [4.78, 5) is 35.6. The number of anilines is 1. The Morgan fingerprint density at radius 3 is 2.37 bits per heavy atom. The number of nitriles is 1. The van der Waals surface area contributed by atoms with Crippen LogP contribution in [-0.4, -0.2) is 24.1 Å². The molecule has 2 rings (SSSR count). The second-order valence-electron chi connectivity index (χ2n) is 5.74. The lowest BCUT2D eigenvalue weighted by Gasteiger charge is -2.07. The van der Waals surface area contributed by atoms with Crippen LogP contribution < -0.4 is 10.6 Å². The summed E-state index contributed by atoms with van der Waals surface area (Å²) in [7, 11) is 0. The normalized spacial score (nSPS) is 9.93. The molecule has 0 aliphatic carbocycles. The van der Waals surface area contributed by atoms with Crippen LogP contribution in [0.15, 0.2) is 48.5 Å². The monoisotopic (exact) mass is 383 g/mol. The Kier molecular flexibility index (Phi) is 7.53. The van der Waals surface area contributed by atoms with Gasteiger partial charge in [0.05, 0.1) is 10.6 Å². The third kappa shape index (κ3) is 6.57. The summed E-state index contributed by atoms with van der Waals surface area (Å²) in [5.41, 5.74) is 1.38. The van der Waals surface area contributed by atoms with E-state index in [0.717, 1.165) is 0 Å². The zero-order chi connectivity index (χ0) is 19.6. The van der Waals surface area contributed by atoms with Gasteiger partial charge in [-0.05, 0) is 18.2 Å². The molecule has 0 bridgehead atoms. The zero-order valence-corrected chi connectivity index (χ0v) is 15.3. The summed E-state index contributed by atoms with van der Waals surface area (Å²) in [6, 6.07) is 15.3. The Labute approximate surface area is 162 Å². The van der Waals surface area contributed by atoms with Gasteiger partial charge in [-0.15, -0.1) is 0 Å². The molecule has 0 aliphatic rings. The molecule has 2 aromatic rings. The first-order valence-corrected chi connectivity index (χ1v) is 8.72. The molecule has 0 fully saturated rings. The van der Waals surface area contributed by atoms with Gasteiger partial charge in [-0.1, -0.05) is 41.9 Å². The van der Waals surface area contributed by atoms with E-state index in [2.05, 4.69) is 10.6 Å². The number of hydrogen-bond donors (Lipinski definition) is 2. The van der Waals surface area contributed by atoms with Crippen LogP contribution in [0.1, 0.15) is 35.2 Å². The summed E-state index contributed by atoms with van der Waals surface area (Å²) >= 11 is 5.91. The minimum Gasteiger partial charge on any atom is -0.356 e. The quantitative estimate of drug-likeness (QED) is 0.683. The van der Waals surface area contributed by atoms with Crippen molar-refractivity contribution in [2.45, 2.75) is 19.3 Å². The molecule has 0 saturated carbocycles. The number of ketones is 1. The van der Waals surface area contributed by atoms with Crippen molar-refractivity contribution in [1.82, 2.24) is 5.32 Å². The van der Waals surface area contributed by atoms with Gasteiger partial charge >= 0.3 is 0 Å². The number of nitrogens with zero attached hydrogens (tertiary/aromatic N) is 1. The van der Waals surface area contributed by atoms with Crippen LogP contribution in [0.2, 0.25) is 5.02 Å². The lowest BCUT2D eigenvalue weighted by molar-refractivity contribution is -0.121. The van der Waals surface area contributed by atoms with Crippen molar-refractivity contribution >= 4 is 34.9 Å². The van der Waals surface area contributed by atoms with E-state index in [-0.39, 0.29) is 48.4 Å². The second kappa shape index (κ2) is 10.1. The van der Waals surface area contributed by atoms with Gasteiger partial charge < -0.3 is 10.6 Å². The van der Waals surface area contributed by atoms with Crippen molar-refractivity contribution in [2.75, 3.05) is 11.9 Å². The molecule has 6 nitrogen and oxygen atoms in total. The van der Waals surface area contributed by atoms with E-state index in [1.54, 1.807) is 30.3 Å². The molecule has 2 N–H and O–H groups in total. The topological polar surface area (TPSA) is 99.1 Å². The molecular weight excluding hydrogens is 366 g/mol. The second-order valence-corrected chi connectivity index (χ2v) is 6.15. The van der Waals surface area contributed by atoms with E-state index >= 15 is 0 Å². The molecule has 138 valence electrons. The predicted octanol–water partition coefficient (Wildman–Crippen LogP) is 3.32. The van der Waals surface area contributed by atoms with E-state index in [1.165, 1.54) is 12.1 Å². The van der Waals surface area contributed by atoms with Crippen LogP contribution in [-0.2, 0) is 9.59 Å². The van der Waals surface area contributed by atoms with Crippen molar-refractivity contribution in [3.05, 3.63) is 64.7 Å². The van der Waals surface area contributed by atoms with Gasteiger partial charge in [0.1, 0.15) is 6.07 Å². The van der Waals surface area contributed by atoms with Crippen molar-refractivity contribution in [1.29, 1.82) is 5.26 Å². The Morgan fingerprint density at radius 2 is 1.70 bits per heavy atom. The predicted molar refractivity (Wildman–Crippen MR) is 102 cm³/mol. The van der Waals surface area contributed by atoms with Gasteiger partial charge in [0.15, 0.2) is 5.78 Å². The van der Waals surface area contributed by atoms with Crippen molar-refractivity contribution in [2.24, 2.45) is 0 Å². The average Bonchev–Trinajstić information content (AvgIpc) is 2.67. The van der Waals surface area contributed by atoms with Crippen LogP contribution in [0.5, 0.6) is 0 Å². The number of carbonyl (C=O) groups is 3. The Morgan fingerprint density at radius 1 is 0.963 bits per heavy atom. The molecule has 0 unspecified atom stereocenters. The molecule has 0 heterocycles. The minimum atomic E-state index is -0.295. The SMILES string of the molecule is N#Cc1ccc(NC(=O)CCNC(=O)CCC(=O)c2ccccc2)cc1Cl. The summed E-state index contributed by atoms with van der Waals surface area (Å²) in [6.45, 7) is 0.161. The number of benzene rings is 2. The van der Waals surface area contributed by atoms with Crippen LogP contribution in [0.3, 0.4) is 0 Å².